The Morgan fingerprint density at radius 2 is 1.68 bits per heavy atom. The lowest BCUT2D eigenvalue weighted by molar-refractivity contribution is -0.167. The van der Waals surface area contributed by atoms with Crippen LogP contribution >= 0.6 is 46.4 Å². The fraction of sp³-hybridized carbons (Fsp3) is 0.400. The Morgan fingerprint density at radius 1 is 1.08 bits per heavy atom. The van der Waals surface area contributed by atoms with Crippen molar-refractivity contribution in [1.29, 1.82) is 0 Å². The van der Waals surface area contributed by atoms with Crippen molar-refractivity contribution >= 4 is 75.6 Å². The summed E-state index contributed by atoms with van der Waals surface area (Å²) in [6, 6.07) is 6.01. The first-order valence-corrected chi connectivity index (χ1v) is 13.0. The second-order valence-corrected chi connectivity index (χ2v) is 11.6. The average molecular weight is 607 g/mol. The van der Waals surface area contributed by atoms with E-state index in [1.807, 2.05) is 0 Å². The molecular weight excluding hydrogens is 586 g/mol. The van der Waals surface area contributed by atoms with Gasteiger partial charge in [-0.3, -0.25) is 19.3 Å². The van der Waals surface area contributed by atoms with E-state index in [9.17, 15) is 14.4 Å². The van der Waals surface area contributed by atoms with E-state index in [1.54, 1.807) is 0 Å². The number of esters is 1. The molecular formula is C25H21Cl4F2N3O4. The molecule has 3 heterocycles. The van der Waals surface area contributed by atoms with Crippen LogP contribution in [0.15, 0.2) is 30.3 Å². The molecule has 0 saturated carbocycles. The highest BCUT2D eigenvalue weighted by Crippen LogP contribution is 2.66. The van der Waals surface area contributed by atoms with E-state index >= 15 is 8.78 Å². The maximum absolute atomic E-state index is 15.1. The molecule has 4 atom stereocenters. The zero-order valence-corrected chi connectivity index (χ0v) is 23.3. The predicted octanol–water partition coefficient (Wildman–Crippen LogP) is 5.63. The molecule has 2 amide bonds. The van der Waals surface area contributed by atoms with Crippen molar-refractivity contribution in [3.05, 3.63) is 56.0 Å². The van der Waals surface area contributed by atoms with Crippen LogP contribution in [0.4, 0.5) is 20.2 Å². The third-order valence-corrected chi connectivity index (χ3v) is 8.90. The minimum Gasteiger partial charge on any atom is -0.469 e. The second-order valence-electron chi connectivity index (χ2n) is 9.93. The van der Waals surface area contributed by atoms with E-state index in [0.29, 0.717) is 0 Å². The molecule has 1 unspecified atom stereocenters. The van der Waals surface area contributed by atoms with Crippen molar-refractivity contribution in [2.45, 2.75) is 30.8 Å². The lowest BCUT2D eigenvalue weighted by Gasteiger charge is -2.43. The topological polar surface area (TPSA) is 79.0 Å². The summed E-state index contributed by atoms with van der Waals surface area (Å²) in [5.41, 5.74) is -3.51. The van der Waals surface area contributed by atoms with Crippen molar-refractivity contribution < 1.29 is 27.9 Å². The van der Waals surface area contributed by atoms with E-state index in [1.165, 1.54) is 54.1 Å². The molecule has 13 heteroatoms. The monoisotopic (exact) mass is 605 g/mol. The van der Waals surface area contributed by atoms with Gasteiger partial charge in [0.25, 0.3) is 11.8 Å². The van der Waals surface area contributed by atoms with Crippen molar-refractivity contribution in [3.63, 3.8) is 0 Å². The molecule has 5 rings (SSSR count). The van der Waals surface area contributed by atoms with Crippen LogP contribution in [0.2, 0.25) is 20.1 Å². The molecule has 1 N–H and O–H groups in total. The van der Waals surface area contributed by atoms with Gasteiger partial charge >= 0.3 is 5.97 Å². The van der Waals surface area contributed by atoms with E-state index < -0.39 is 59.6 Å². The number of benzene rings is 2. The number of hydrogen-bond donors (Lipinski definition) is 1. The number of nitrogens with one attached hydrogen (secondary N) is 1. The van der Waals surface area contributed by atoms with Crippen LogP contribution in [-0.4, -0.2) is 55.4 Å². The van der Waals surface area contributed by atoms with Crippen LogP contribution in [0.5, 0.6) is 0 Å². The van der Waals surface area contributed by atoms with Crippen molar-refractivity contribution in [2.24, 2.45) is 11.3 Å². The second kappa shape index (κ2) is 8.93. The maximum Gasteiger partial charge on any atom is 0.315 e. The highest BCUT2D eigenvalue weighted by molar-refractivity contribution is 6.38. The van der Waals surface area contributed by atoms with Crippen molar-refractivity contribution in [1.82, 2.24) is 4.90 Å². The number of nitrogens with zero attached hydrogens (tertiary/aromatic N) is 2. The molecule has 0 radical (unpaired) electrons. The van der Waals surface area contributed by atoms with Gasteiger partial charge in [-0.25, -0.2) is 8.78 Å². The highest BCUT2D eigenvalue weighted by Gasteiger charge is 2.80. The fourth-order valence-corrected chi connectivity index (χ4v) is 7.56. The first kappa shape index (κ1) is 27.4. The first-order chi connectivity index (χ1) is 17.7. The van der Waals surface area contributed by atoms with Gasteiger partial charge in [-0.2, -0.15) is 0 Å². The van der Waals surface area contributed by atoms with Crippen LogP contribution in [-0.2, 0) is 24.7 Å². The maximum atomic E-state index is 15.1. The highest BCUT2D eigenvalue weighted by atomic mass is 35.5. The summed E-state index contributed by atoms with van der Waals surface area (Å²) in [4.78, 5) is 44.3. The van der Waals surface area contributed by atoms with Gasteiger partial charge in [0.2, 0.25) is 5.91 Å². The van der Waals surface area contributed by atoms with Gasteiger partial charge in [0.1, 0.15) is 11.0 Å². The smallest absolute Gasteiger partial charge is 0.315 e. The molecule has 2 saturated heterocycles. The van der Waals surface area contributed by atoms with Gasteiger partial charge in [0.15, 0.2) is 0 Å². The molecule has 0 aromatic heterocycles. The minimum absolute atomic E-state index is 0.0629. The number of amides is 2. The molecule has 2 fully saturated rings. The summed E-state index contributed by atoms with van der Waals surface area (Å²) >= 11 is 25.0. The van der Waals surface area contributed by atoms with Crippen LogP contribution in [0.3, 0.4) is 0 Å². The number of methoxy groups -OCH3 is 1. The van der Waals surface area contributed by atoms with Crippen LogP contribution in [0.1, 0.15) is 18.9 Å². The van der Waals surface area contributed by atoms with E-state index in [-0.39, 0.29) is 37.0 Å². The number of ether oxygens (including phenoxy) is 1. The lowest BCUT2D eigenvalue weighted by Crippen LogP contribution is -2.60. The Hall–Kier alpha value is -2.17. The average Bonchev–Trinajstić information content (AvgIpc) is 3.37. The number of carbonyl (C=O) groups is 3. The number of hydrogen-bond acceptors (Lipinski definition) is 5. The molecule has 3 aliphatic heterocycles. The van der Waals surface area contributed by atoms with Crippen LogP contribution in [0.25, 0.3) is 0 Å². The zero-order chi connectivity index (χ0) is 27.9. The van der Waals surface area contributed by atoms with Crippen molar-refractivity contribution in [3.8, 4) is 0 Å². The largest absolute Gasteiger partial charge is 0.469 e. The Balaban J connectivity index is 1.78. The summed E-state index contributed by atoms with van der Waals surface area (Å²) in [5.74, 6) is -7.10. The molecule has 2 aromatic rings. The quantitative estimate of drug-likeness (QED) is 0.458. The molecule has 1 spiro atoms. The minimum atomic E-state index is -3.25. The van der Waals surface area contributed by atoms with E-state index in [2.05, 4.69) is 5.32 Å². The standard InChI is InChI=1S/C25H21Cl4F2N3O4/c1-23(22(37)38-3)18(20(35)33(2)14-5-11(26)4-12(27)6-14)17-9-24(30,31)10-34(17)25(23)15-7-13(28)8-16(29)19(15)32-21(25)36/h4-8,17-18H,9-10H2,1-3H3,(H,32,36)/t17-,18-,23-,25?/m1/s1. The first-order valence-electron chi connectivity index (χ1n) is 11.5. The Morgan fingerprint density at radius 3 is 2.29 bits per heavy atom. The van der Waals surface area contributed by atoms with Crippen molar-refractivity contribution in [2.75, 3.05) is 30.9 Å². The fourth-order valence-electron chi connectivity index (χ4n) is 6.50. The van der Waals surface area contributed by atoms with Gasteiger partial charge in [-0.05, 0) is 37.3 Å². The summed E-state index contributed by atoms with van der Waals surface area (Å²) in [6.07, 6.45) is -0.765. The number of fused-ring (bicyclic) bond motifs is 4. The molecule has 0 bridgehead atoms. The number of carbonyl (C=O) groups excluding carboxylic acids is 3. The Bertz CT molecular complexity index is 1390. The number of alkyl halides is 2. The molecule has 3 aliphatic rings. The number of halogens is 6. The molecule has 7 nitrogen and oxygen atoms in total. The zero-order valence-electron chi connectivity index (χ0n) is 20.3. The SMILES string of the molecule is COC(=O)[C@@]1(C)[C@@H](C(=O)N(C)c2cc(Cl)cc(Cl)c2)[C@H]2CC(F)(F)CN2C12C(=O)Nc1c(Cl)cc(Cl)cc12. The molecule has 38 heavy (non-hydrogen) atoms. The summed E-state index contributed by atoms with van der Waals surface area (Å²) in [6.45, 7) is 0.512. The van der Waals surface area contributed by atoms with E-state index in [4.69, 9.17) is 51.1 Å². The van der Waals surface area contributed by atoms with Gasteiger partial charge < -0.3 is 15.0 Å². The molecule has 0 aliphatic carbocycles. The van der Waals surface area contributed by atoms with Gasteiger partial charge in [-0.15, -0.1) is 0 Å². The third kappa shape index (κ3) is 3.59. The van der Waals surface area contributed by atoms with Gasteiger partial charge in [-0.1, -0.05) is 46.4 Å². The lowest BCUT2D eigenvalue weighted by atomic mass is 9.62. The summed E-state index contributed by atoms with van der Waals surface area (Å²) in [5, 5.41) is 3.33. The number of anilines is 2. The summed E-state index contributed by atoms with van der Waals surface area (Å²) in [7, 11) is 2.53. The predicted molar refractivity (Wildman–Crippen MR) is 140 cm³/mol. The normalized spacial score (nSPS) is 29.2. The van der Waals surface area contributed by atoms with Gasteiger partial charge in [0.05, 0.1) is 30.3 Å². The van der Waals surface area contributed by atoms with Crippen LogP contribution in [0, 0.1) is 11.3 Å². The Kier molecular flexibility index (Phi) is 6.44. The summed E-state index contributed by atoms with van der Waals surface area (Å²) < 4.78 is 35.3. The number of rotatable bonds is 3. The van der Waals surface area contributed by atoms with E-state index in [0.717, 1.165) is 7.11 Å². The third-order valence-electron chi connectivity index (χ3n) is 7.95. The molecule has 2 aromatic carbocycles. The van der Waals surface area contributed by atoms with Gasteiger partial charge in [0, 0.05) is 45.8 Å². The van der Waals surface area contributed by atoms with Crippen LogP contribution < -0.4 is 10.2 Å². The Labute approximate surface area is 236 Å². The molecule has 202 valence electrons.